The predicted molar refractivity (Wildman–Crippen MR) is 106 cm³/mol. The second kappa shape index (κ2) is 7.47. The van der Waals surface area contributed by atoms with Gasteiger partial charge in [-0.1, -0.05) is 65.7 Å². The van der Waals surface area contributed by atoms with E-state index >= 15 is 0 Å². The summed E-state index contributed by atoms with van der Waals surface area (Å²) in [5, 5.41) is 2.04. The molecule has 2 nitrogen and oxygen atoms in total. The molecule has 1 aliphatic heterocycles. The van der Waals surface area contributed by atoms with Crippen LogP contribution in [0.3, 0.4) is 0 Å². The number of halogens is 1. The van der Waals surface area contributed by atoms with Crippen LogP contribution in [0.2, 0.25) is 5.02 Å². The summed E-state index contributed by atoms with van der Waals surface area (Å²) >= 11 is 6.26. The Balaban J connectivity index is 1.36. The second-order valence-corrected chi connectivity index (χ2v) is 7.22. The molecule has 0 atom stereocenters. The molecule has 128 valence electrons. The van der Waals surface area contributed by atoms with E-state index in [0.717, 1.165) is 36.6 Å². The molecule has 0 aliphatic carbocycles. The lowest BCUT2D eigenvalue weighted by Gasteiger charge is -2.26. The molecular weight excluding hydrogens is 328 g/mol. The van der Waals surface area contributed by atoms with Crippen LogP contribution in [-0.4, -0.2) is 23.0 Å². The first-order chi connectivity index (χ1) is 12.3. The predicted octanol–water partition coefficient (Wildman–Crippen LogP) is 5.59. The van der Waals surface area contributed by atoms with Crippen LogP contribution < -0.4 is 0 Å². The first-order valence-electron chi connectivity index (χ1n) is 8.98. The van der Waals surface area contributed by atoms with Gasteiger partial charge in [0, 0.05) is 31.2 Å². The van der Waals surface area contributed by atoms with Crippen molar-refractivity contribution in [2.24, 2.45) is 0 Å². The minimum absolute atomic E-state index is 0.797. The van der Waals surface area contributed by atoms with Gasteiger partial charge in [0.15, 0.2) is 0 Å². The average molecular weight is 351 g/mol. The maximum absolute atomic E-state index is 6.26. The maximum atomic E-state index is 6.26. The van der Waals surface area contributed by atoms with E-state index in [1.807, 2.05) is 12.1 Å². The number of nitrogens with zero attached hydrogens (tertiary/aromatic N) is 1. The van der Waals surface area contributed by atoms with Crippen LogP contribution in [0.4, 0.5) is 0 Å². The number of aromatic nitrogens is 1. The highest BCUT2D eigenvalue weighted by Gasteiger charge is 2.14. The lowest BCUT2D eigenvalue weighted by Crippen LogP contribution is -2.28. The number of fused-ring (bicyclic) bond motifs is 1. The SMILES string of the molecule is Clc1cccc2c(CN3CC=C(CCc4ccccc4)CC3)c[nH]c12. The zero-order chi connectivity index (χ0) is 17.1. The monoisotopic (exact) mass is 350 g/mol. The van der Waals surface area contributed by atoms with E-state index in [-0.39, 0.29) is 0 Å². The summed E-state index contributed by atoms with van der Waals surface area (Å²) in [5.74, 6) is 0. The standard InChI is InChI=1S/C22H23ClN2/c23-21-8-4-7-20-19(15-24-22(20)21)16-25-13-11-18(12-14-25)10-9-17-5-2-1-3-6-17/h1-8,11,15,24H,9-10,12-14,16H2. The van der Waals surface area contributed by atoms with Crippen LogP contribution in [-0.2, 0) is 13.0 Å². The number of hydrogen-bond acceptors (Lipinski definition) is 1. The summed E-state index contributed by atoms with van der Waals surface area (Å²) in [6, 6.07) is 16.9. The van der Waals surface area contributed by atoms with Crippen LogP contribution in [0.1, 0.15) is 24.0 Å². The Hall–Kier alpha value is -2.03. The third-order valence-electron chi connectivity index (χ3n) is 5.11. The molecule has 0 fully saturated rings. The van der Waals surface area contributed by atoms with Crippen LogP contribution in [0, 0.1) is 0 Å². The van der Waals surface area contributed by atoms with Crippen molar-refractivity contribution in [1.82, 2.24) is 9.88 Å². The number of rotatable bonds is 5. The molecule has 0 saturated heterocycles. The molecule has 0 bridgehead atoms. The van der Waals surface area contributed by atoms with Gasteiger partial charge in [0.1, 0.15) is 0 Å². The normalized spacial score (nSPS) is 15.5. The molecular formula is C22H23ClN2. The van der Waals surface area contributed by atoms with Gasteiger partial charge in [0.2, 0.25) is 0 Å². The molecule has 4 rings (SSSR count). The Morgan fingerprint density at radius 1 is 1.00 bits per heavy atom. The van der Waals surface area contributed by atoms with E-state index in [2.05, 4.69) is 58.6 Å². The highest BCUT2D eigenvalue weighted by atomic mass is 35.5. The molecule has 2 aromatic carbocycles. The molecule has 0 radical (unpaired) electrons. The fourth-order valence-corrected chi connectivity index (χ4v) is 3.85. The largest absolute Gasteiger partial charge is 0.360 e. The molecule has 3 aromatic rings. The fraction of sp³-hybridized carbons (Fsp3) is 0.273. The lowest BCUT2D eigenvalue weighted by molar-refractivity contribution is 0.285. The van der Waals surface area contributed by atoms with Crippen molar-refractivity contribution in [2.75, 3.05) is 13.1 Å². The van der Waals surface area contributed by atoms with Gasteiger partial charge in [-0.15, -0.1) is 0 Å². The molecule has 1 aliphatic rings. The van der Waals surface area contributed by atoms with Crippen molar-refractivity contribution >= 4 is 22.5 Å². The first-order valence-corrected chi connectivity index (χ1v) is 9.36. The molecule has 1 N–H and O–H groups in total. The van der Waals surface area contributed by atoms with E-state index < -0.39 is 0 Å². The molecule has 0 spiro atoms. The van der Waals surface area contributed by atoms with Crippen molar-refractivity contribution in [1.29, 1.82) is 0 Å². The summed E-state index contributed by atoms with van der Waals surface area (Å²) < 4.78 is 0. The lowest BCUT2D eigenvalue weighted by atomic mass is 9.99. The van der Waals surface area contributed by atoms with Gasteiger partial charge in [-0.25, -0.2) is 0 Å². The van der Waals surface area contributed by atoms with Crippen LogP contribution in [0.5, 0.6) is 0 Å². The number of aryl methyl sites for hydroxylation is 1. The van der Waals surface area contributed by atoms with Crippen LogP contribution in [0.15, 0.2) is 66.4 Å². The quantitative estimate of drug-likeness (QED) is 0.594. The summed E-state index contributed by atoms with van der Waals surface area (Å²) in [4.78, 5) is 5.83. The summed E-state index contributed by atoms with van der Waals surface area (Å²) in [7, 11) is 0. The minimum atomic E-state index is 0.797. The number of para-hydroxylation sites is 1. The first kappa shape index (κ1) is 16.4. The van der Waals surface area contributed by atoms with Crippen molar-refractivity contribution in [3.63, 3.8) is 0 Å². The number of nitrogens with one attached hydrogen (secondary N) is 1. The van der Waals surface area contributed by atoms with Gasteiger partial charge < -0.3 is 4.98 Å². The number of benzene rings is 2. The zero-order valence-corrected chi connectivity index (χ0v) is 15.1. The third kappa shape index (κ3) is 3.81. The molecule has 25 heavy (non-hydrogen) atoms. The summed E-state index contributed by atoms with van der Waals surface area (Å²) in [5.41, 5.74) is 5.41. The van der Waals surface area contributed by atoms with Crippen molar-refractivity contribution in [2.45, 2.75) is 25.8 Å². The van der Waals surface area contributed by atoms with E-state index in [0.29, 0.717) is 0 Å². The molecule has 2 heterocycles. The minimum Gasteiger partial charge on any atom is -0.360 e. The summed E-state index contributed by atoms with van der Waals surface area (Å²) in [6.45, 7) is 3.15. The van der Waals surface area contributed by atoms with Gasteiger partial charge >= 0.3 is 0 Å². The van der Waals surface area contributed by atoms with Gasteiger partial charge in [-0.2, -0.15) is 0 Å². The summed E-state index contributed by atoms with van der Waals surface area (Å²) in [6.07, 6.45) is 8.03. The van der Waals surface area contributed by atoms with Crippen molar-refractivity contribution < 1.29 is 0 Å². The highest BCUT2D eigenvalue weighted by molar-refractivity contribution is 6.35. The van der Waals surface area contributed by atoms with E-state index in [1.165, 1.54) is 29.4 Å². The molecule has 0 amide bonds. The van der Waals surface area contributed by atoms with E-state index in [4.69, 9.17) is 11.6 Å². The Morgan fingerprint density at radius 3 is 2.68 bits per heavy atom. The van der Waals surface area contributed by atoms with Crippen molar-refractivity contribution in [3.8, 4) is 0 Å². The third-order valence-corrected chi connectivity index (χ3v) is 5.42. The number of hydrogen-bond donors (Lipinski definition) is 1. The Labute approximate surface area is 154 Å². The Morgan fingerprint density at radius 2 is 1.88 bits per heavy atom. The Kier molecular flexibility index (Phi) is 4.91. The van der Waals surface area contributed by atoms with Crippen molar-refractivity contribution in [3.05, 3.63) is 82.5 Å². The van der Waals surface area contributed by atoms with E-state index in [9.17, 15) is 0 Å². The average Bonchev–Trinajstić information content (AvgIpc) is 3.06. The number of H-pyrrole nitrogens is 1. The topological polar surface area (TPSA) is 19.0 Å². The van der Waals surface area contributed by atoms with E-state index in [1.54, 1.807) is 5.57 Å². The molecule has 0 saturated carbocycles. The fourth-order valence-electron chi connectivity index (χ4n) is 3.62. The smallest absolute Gasteiger partial charge is 0.0647 e. The van der Waals surface area contributed by atoms with Crippen LogP contribution in [0.25, 0.3) is 10.9 Å². The second-order valence-electron chi connectivity index (χ2n) is 6.81. The Bertz CT molecular complexity index is 879. The molecule has 0 unspecified atom stereocenters. The molecule has 1 aromatic heterocycles. The number of aromatic amines is 1. The highest BCUT2D eigenvalue weighted by Crippen LogP contribution is 2.27. The van der Waals surface area contributed by atoms with Gasteiger partial charge in [-0.05, 0) is 36.5 Å². The van der Waals surface area contributed by atoms with Gasteiger partial charge in [-0.3, -0.25) is 4.90 Å². The maximum Gasteiger partial charge on any atom is 0.0647 e. The molecule has 3 heteroatoms. The van der Waals surface area contributed by atoms with Gasteiger partial charge in [0.25, 0.3) is 0 Å². The zero-order valence-electron chi connectivity index (χ0n) is 14.3. The van der Waals surface area contributed by atoms with Gasteiger partial charge in [0.05, 0.1) is 10.5 Å². The van der Waals surface area contributed by atoms with Crippen LogP contribution >= 0.6 is 11.6 Å².